The van der Waals surface area contributed by atoms with Crippen LogP contribution in [-0.4, -0.2) is 44.7 Å². The molecule has 2 aliphatic heterocycles. The van der Waals surface area contributed by atoms with E-state index >= 15 is 0 Å². The number of nitrogens with zero attached hydrogens (tertiary/aromatic N) is 1. The maximum absolute atomic E-state index is 5.24. The number of rotatable bonds is 4. The second-order valence-corrected chi connectivity index (χ2v) is 6.21. The Bertz CT molecular complexity index is 412. The lowest BCUT2D eigenvalue weighted by Gasteiger charge is -2.27. The first-order valence-electron chi connectivity index (χ1n) is 7.92. The predicted octanol–water partition coefficient (Wildman–Crippen LogP) is 2.48. The summed E-state index contributed by atoms with van der Waals surface area (Å²) in [5, 5.41) is 3.45. The molecule has 1 atom stereocenters. The molecule has 0 saturated carbocycles. The first kappa shape index (κ1) is 13.9. The first-order valence-corrected chi connectivity index (χ1v) is 7.92. The fraction of sp³-hybridized carbons (Fsp3) is 0.647. The highest BCUT2D eigenvalue weighted by Crippen LogP contribution is 2.29. The summed E-state index contributed by atoms with van der Waals surface area (Å²) in [5.41, 5.74) is 1.47. The summed E-state index contributed by atoms with van der Waals surface area (Å²) in [6.07, 6.45) is 4.00. The minimum Gasteiger partial charge on any atom is -0.497 e. The van der Waals surface area contributed by atoms with E-state index in [4.69, 9.17) is 4.74 Å². The molecule has 0 bridgehead atoms. The van der Waals surface area contributed by atoms with Gasteiger partial charge in [-0.2, -0.15) is 0 Å². The Morgan fingerprint density at radius 1 is 1.15 bits per heavy atom. The van der Waals surface area contributed by atoms with E-state index in [0.29, 0.717) is 5.92 Å². The number of piperidine rings is 1. The molecule has 20 heavy (non-hydrogen) atoms. The van der Waals surface area contributed by atoms with E-state index in [0.717, 1.165) is 11.7 Å². The van der Waals surface area contributed by atoms with Crippen LogP contribution >= 0.6 is 0 Å². The van der Waals surface area contributed by atoms with Crippen molar-refractivity contribution in [3.05, 3.63) is 29.8 Å². The van der Waals surface area contributed by atoms with Crippen molar-refractivity contribution >= 4 is 0 Å². The van der Waals surface area contributed by atoms with Crippen molar-refractivity contribution in [2.45, 2.75) is 25.2 Å². The second kappa shape index (κ2) is 6.59. The van der Waals surface area contributed by atoms with Crippen molar-refractivity contribution in [2.24, 2.45) is 5.92 Å². The largest absolute Gasteiger partial charge is 0.497 e. The van der Waals surface area contributed by atoms with E-state index in [-0.39, 0.29) is 0 Å². The molecule has 1 aromatic carbocycles. The van der Waals surface area contributed by atoms with E-state index < -0.39 is 0 Å². The molecule has 110 valence electrons. The van der Waals surface area contributed by atoms with E-state index in [2.05, 4.69) is 34.5 Å². The number of hydrogen-bond donors (Lipinski definition) is 1. The van der Waals surface area contributed by atoms with Crippen LogP contribution in [0, 0.1) is 5.92 Å². The quantitative estimate of drug-likeness (QED) is 0.913. The number of likely N-dealkylation sites (tertiary alicyclic amines) is 1. The van der Waals surface area contributed by atoms with Crippen molar-refractivity contribution in [2.75, 3.05) is 39.8 Å². The Balaban J connectivity index is 1.52. The van der Waals surface area contributed by atoms with Gasteiger partial charge in [-0.15, -0.1) is 0 Å². The van der Waals surface area contributed by atoms with Crippen LogP contribution in [0.4, 0.5) is 0 Å². The number of benzene rings is 1. The lowest BCUT2D eigenvalue weighted by atomic mass is 9.97. The van der Waals surface area contributed by atoms with Gasteiger partial charge in [0.2, 0.25) is 0 Å². The third-order valence-electron chi connectivity index (χ3n) is 4.83. The monoisotopic (exact) mass is 274 g/mol. The van der Waals surface area contributed by atoms with Gasteiger partial charge in [0, 0.05) is 13.1 Å². The minimum absolute atomic E-state index is 0.711. The molecule has 0 radical (unpaired) electrons. The van der Waals surface area contributed by atoms with Crippen molar-refractivity contribution in [3.8, 4) is 5.75 Å². The first-order chi connectivity index (χ1) is 9.85. The molecule has 0 aromatic heterocycles. The zero-order valence-corrected chi connectivity index (χ0v) is 12.5. The maximum atomic E-state index is 5.24. The molecule has 3 rings (SSSR count). The standard InChI is InChI=1S/C17H26N2O/c1-20-17-4-2-15(3-5-17)16-8-11-19(13-16)12-14-6-9-18-10-7-14/h2-5,14,16,18H,6-13H2,1H3. The third-order valence-corrected chi connectivity index (χ3v) is 4.83. The van der Waals surface area contributed by atoms with Gasteiger partial charge in [0.15, 0.2) is 0 Å². The van der Waals surface area contributed by atoms with Gasteiger partial charge >= 0.3 is 0 Å². The molecule has 2 aliphatic rings. The molecule has 1 N–H and O–H groups in total. The Kier molecular flexibility index (Phi) is 4.58. The Morgan fingerprint density at radius 3 is 2.60 bits per heavy atom. The van der Waals surface area contributed by atoms with E-state index in [1.165, 1.54) is 57.5 Å². The summed E-state index contributed by atoms with van der Waals surface area (Å²) >= 11 is 0. The lowest BCUT2D eigenvalue weighted by molar-refractivity contribution is 0.239. The number of hydrogen-bond acceptors (Lipinski definition) is 3. The van der Waals surface area contributed by atoms with Crippen LogP contribution in [0.1, 0.15) is 30.7 Å². The van der Waals surface area contributed by atoms with Crippen LogP contribution in [0.5, 0.6) is 5.75 Å². The summed E-state index contributed by atoms with van der Waals surface area (Å²) in [5.74, 6) is 2.58. The molecule has 2 saturated heterocycles. The normalized spacial score (nSPS) is 24.9. The number of ether oxygens (including phenoxy) is 1. The molecule has 0 amide bonds. The predicted molar refractivity (Wildman–Crippen MR) is 82.4 cm³/mol. The van der Waals surface area contributed by atoms with Gasteiger partial charge < -0.3 is 15.0 Å². The highest BCUT2D eigenvalue weighted by atomic mass is 16.5. The SMILES string of the molecule is COc1ccc(C2CCN(CC3CCNCC3)C2)cc1. The summed E-state index contributed by atoms with van der Waals surface area (Å²) in [6, 6.07) is 8.64. The van der Waals surface area contributed by atoms with Gasteiger partial charge in [-0.3, -0.25) is 0 Å². The Labute approximate surface area is 122 Å². The lowest BCUT2D eigenvalue weighted by Crippen LogP contribution is -2.35. The minimum atomic E-state index is 0.711. The van der Waals surface area contributed by atoms with Gasteiger partial charge in [-0.1, -0.05) is 12.1 Å². The van der Waals surface area contributed by atoms with Crippen LogP contribution in [0.15, 0.2) is 24.3 Å². The van der Waals surface area contributed by atoms with Crippen LogP contribution in [0.2, 0.25) is 0 Å². The van der Waals surface area contributed by atoms with Gasteiger partial charge in [0.1, 0.15) is 5.75 Å². The summed E-state index contributed by atoms with van der Waals surface area (Å²) in [6.45, 7) is 6.21. The van der Waals surface area contributed by atoms with Crippen LogP contribution in [-0.2, 0) is 0 Å². The summed E-state index contributed by atoms with van der Waals surface area (Å²) in [7, 11) is 1.73. The highest BCUT2D eigenvalue weighted by molar-refractivity contribution is 5.30. The van der Waals surface area contributed by atoms with Gasteiger partial charge in [-0.05, 0) is 68.4 Å². The van der Waals surface area contributed by atoms with Crippen molar-refractivity contribution < 1.29 is 4.74 Å². The molecule has 2 heterocycles. The molecule has 3 nitrogen and oxygen atoms in total. The average molecular weight is 274 g/mol. The fourth-order valence-corrected chi connectivity index (χ4v) is 3.58. The second-order valence-electron chi connectivity index (χ2n) is 6.21. The van der Waals surface area contributed by atoms with E-state index in [9.17, 15) is 0 Å². The summed E-state index contributed by atoms with van der Waals surface area (Å²) < 4.78 is 5.24. The van der Waals surface area contributed by atoms with E-state index in [1.54, 1.807) is 7.11 Å². The van der Waals surface area contributed by atoms with Crippen LogP contribution in [0.25, 0.3) is 0 Å². The molecule has 0 spiro atoms. The Hall–Kier alpha value is -1.06. The molecular weight excluding hydrogens is 248 g/mol. The molecule has 1 unspecified atom stereocenters. The van der Waals surface area contributed by atoms with Gasteiger partial charge in [-0.25, -0.2) is 0 Å². The summed E-state index contributed by atoms with van der Waals surface area (Å²) in [4.78, 5) is 2.67. The number of methoxy groups -OCH3 is 1. The van der Waals surface area contributed by atoms with Crippen molar-refractivity contribution in [1.29, 1.82) is 0 Å². The molecule has 1 aromatic rings. The zero-order valence-electron chi connectivity index (χ0n) is 12.5. The third kappa shape index (κ3) is 3.33. The molecule has 3 heteroatoms. The smallest absolute Gasteiger partial charge is 0.118 e. The Morgan fingerprint density at radius 2 is 1.90 bits per heavy atom. The topological polar surface area (TPSA) is 24.5 Å². The average Bonchev–Trinajstić information content (AvgIpc) is 2.97. The molecular formula is C17H26N2O. The van der Waals surface area contributed by atoms with Crippen molar-refractivity contribution in [3.63, 3.8) is 0 Å². The van der Waals surface area contributed by atoms with E-state index in [1.807, 2.05) is 0 Å². The van der Waals surface area contributed by atoms with Gasteiger partial charge in [0.05, 0.1) is 7.11 Å². The van der Waals surface area contributed by atoms with Crippen molar-refractivity contribution in [1.82, 2.24) is 10.2 Å². The zero-order chi connectivity index (χ0) is 13.8. The fourth-order valence-electron chi connectivity index (χ4n) is 3.58. The number of nitrogens with one attached hydrogen (secondary N) is 1. The molecule has 0 aliphatic carbocycles. The molecule has 2 fully saturated rings. The van der Waals surface area contributed by atoms with Crippen LogP contribution < -0.4 is 10.1 Å². The van der Waals surface area contributed by atoms with Crippen LogP contribution in [0.3, 0.4) is 0 Å². The highest BCUT2D eigenvalue weighted by Gasteiger charge is 2.26. The maximum Gasteiger partial charge on any atom is 0.118 e. The van der Waals surface area contributed by atoms with Gasteiger partial charge in [0.25, 0.3) is 0 Å².